The van der Waals surface area contributed by atoms with Crippen LogP contribution in [0.25, 0.3) is 0 Å². The summed E-state index contributed by atoms with van der Waals surface area (Å²) in [6.45, 7) is 10.6. The minimum absolute atomic E-state index is 0.0281. The van der Waals surface area contributed by atoms with Crippen LogP contribution in [0, 0.1) is 0 Å². The molecular weight excluding hydrogens is 289 g/mol. The molecule has 0 saturated heterocycles. The quantitative estimate of drug-likeness (QED) is 0.617. The smallest absolute Gasteiger partial charge is 0.315 e. The van der Waals surface area contributed by atoms with E-state index in [1.165, 1.54) is 11.1 Å². The molecule has 0 aromatic heterocycles. The second-order valence-corrected chi connectivity index (χ2v) is 5.56. The van der Waals surface area contributed by atoms with Crippen molar-refractivity contribution in [2.75, 3.05) is 13.6 Å². The molecule has 22 heavy (non-hydrogen) atoms. The summed E-state index contributed by atoms with van der Waals surface area (Å²) in [6.07, 6.45) is 1.24. The van der Waals surface area contributed by atoms with Gasteiger partial charge in [-0.3, -0.25) is 0 Å². The van der Waals surface area contributed by atoms with E-state index in [2.05, 4.69) is 17.2 Å². The third-order valence-corrected chi connectivity index (χ3v) is 4.00. The minimum atomic E-state index is -4.18. The number of hydrogen-bond donors (Lipinski definition) is 2. The summed E-state index contributed by atoms with van der Waals surface area (Å²) in [7, 11) is 1.78. The maximum Gasteiger partial charge on any atom is 0.401 e. The van der Waals surface area contributed by atoms with Gasteiger partial charge in [-0.25, -0.2) is 0 Å². The summed E-state index contributed by atoms with van der Waals surface area (Å²) in [5.74, 6) is 0. The highest BCUT2D eigenvalue weighted by molar-refractivity contribution is 5.37. The second kappa shape index (κ2) is 9.85. The molecule has 0 aliphatic heterocycles. The Labute approximate surface area is 132 Å². The first-order valence-electron chi connectivity index (χ1n) is 7.59. The molecule has 0 aliphatic rings. The molecule has 0 aromatic rings. The summed E-state index contributed by atoms with van der Waals surface area (Å²) < 4.78 is 36.9. The van der Waals surface area contributed by atoms with Gasteiger partial charge in [0.15, 0.2) is 0 Å². The summed E-state index contributed by atoms with van der Waals surface area (Å²) in [5.41, 5.74) is 3.50. The topological polar surface area (TPSA) is 24.1 Å². The third-order valence-electron chi connectivity index (χ3n) is 4.00. The highest BCUT2D eigenvalue weighted by atomic mass is 19.4. The van der Waals surface area contributed by atoms with Gasteiger partial charge in [-0.15, -0.1) is 0 Å². The van der Waals surface area contributed by atoms with Gasteiger partial charge in [-0.1, -0.05) is 24.3 Å². The molecular formula is C17H29F3N2. The Morgan fingerprint density at radius 2 is 1.86 bits per heavy atom. The normalized spacial score (nSPS) is 17.0. The lowest BCUT2D eigenvalue weighted by Gasteiger charge is -2.26. The van der Waals surface area contributed by atoms with E-state index in [0.29, 0.717) is 0 Å². The summed E-state index contributed by atoms with van der Waals surface area (Å²) >= 11 is 0. The highest BCUT2D eigenvalue weighted by Crippen LogP contribution is 2.22. The van der Waals surface area contributed by atoms with Gasteiger partial charge in [0.1, 0.15) is 0 Å². The Bertz CT molecular complexity index is 409. The molecule has 0 fully saturated rings. The van der Waals surface area contributed by atoms with Crippen LogP contribution in [0.4, 0.5) is 13.2 Å². The van der Waals surface area contributed by atoms with E-state index in [9.17, 15) is 13.2 Å². The molecule has 0 amide bonds. The van der Waals surface area contributed by atoms with Crippen LogP contribution in [-0.2, 0) is 0 Å². The molecule has 0 aromatic carbocycles. The van der Waals surface area contributed by atoms with Gasteiger partial charge in [-0.2, -0.15) is 13.2 Å². The first kappa shape index (κ1) is 20.9. The second-order valence-electron chi connectivity index (χ2n) is 5.56. The Morgan fingerprint density at radius 1 is 1.27 bits per heavy atom. The van der Waals surface area contributed by atoms with Crippen LogP contribution in [0.1, 0.15) is 40.5 Å². The number of rotatable bonds is 9. The molecule has 0 heterocycles. The van der Waals surface area contributed by atoms with Crippen molar-refractivity contribution in [3.05, 3.63) is 35.5 Å². The predicted molar refractivity (Wildman–Crippen MR) is 87.9 cm³/mol. The van der Waals surface area contributed by atoms with E-state index >= 15 is 0 Å². The van der Waals surface area contributed by atoms with E-state index in [1.54, 1.807) is 14.0 Å². The van der Waals surface area contributed by atoms with Crippen molar-refractivity contribution in [3.63, 3.8) is 0 Å². The van der Waals surface area contributed by atoms with Gasteiger partial charge < -0.3 is 10.6 Å². The molecule has 0 aliphatic carbocycles. The lowest BCUT2D eigenvalue weighted by Crippen LogP contribution is -2.47. The Morgan fingerprint density at radius 3 is 2.27 bits per heavy atom. The molecule has 0 saturated carbocycles. The van der Waals surface area contributed by atoms with Crippen molar-refractivity contribution in [2.45, 2.75) is 58.8 Å². The lowest BCUT2D eigenvalue weighted by molar-refractivity contribution is -0.126. The minimum Gasteiger partial charge on any atom is -0.315 e. The average molecular weight is 318 g/mol. The van der Waals surface area contributed by atoms with E-state index in [-0.39, 0.29) is 12.1 Å². The molecule has 2 atom stereocenters. The van der Waals surface area contributed by atoms with Gasteiger partial charge >= 0.3 is 6.18 Å². The monoisotopic (exact) mass is 318 g/mol. The molecule has 2 N–H and O–H groups in total. The highest BCUT2D eigenvalue weighted by Gasteiger charge is 2.28. The van der Waals surface area contributed by atoms with Crippen LogP contribution in [0.5, 0.6) is 0 Å². The van der Waals surface area contributed by atoms with Crippen LogP contribution < -0.4 is 10.6 Å². The van der Waals surface area contributed by atoms with Crippen LogP contribution in [0.3, 0.4) is 0 Å². The average Bonchev–Trinajstić information content (AvgIpc) is 2.47. The molecule has 128 valence electrons. The van der Waals surface area contributed by atoms with Gasteiger partial charge in [-0.05, 0) is 58.7 Å². The molecule has 5 heteroatoms. The standard InChI is InChI=1S/C17H29F3N2/c1-7-12(3)15(13(4)8-2)9-10-16(21-6)14(5)22-11-17(18,19)20/h7-8,14,16,21-22H,1,9-11H2,2-6H3/b13-8-,15-12+. The molecule has 2 unspecified atom stereocenters. The number of alkyl halides is 3. The molecule has 0 radical (unpaired) electrons. The third kappa shape index (κ3) is 7.80. The van der Waals surface area contributed by atoms with E-state index in [4.69, 9.17) is 0 Å². The van der Waals surface area contributed by atoms with Crippen LogP contribution >= 0.6 is 0 Å². The molecule has 2 nitrogen and oxygen atoms in total. The largest absolute Gasteiger partial charge is 0.401 e. The number of allylic oxidation sites excluding steroid dienone is 5. The van der Waals surface area contributed by atoms with Crippen LogP contribution in [-0.4, -0.2) is 31.9 Å². The SMILES string of the molecule is C=C/C(C)=C(CCC(NC)C(C)NCC(F)(F)F)/C(C)=C\C. The van der Waals surface area contributed by atoms with Crippen molar-refractivity contribution in [2.24, 2.45) is 0 Å². The molecule has 0 rings (SSSR count). The Balaban J connectivity index is 4.77. The maximum absolute atomic E-state index is 12.3. The number of likely N-dealkylation sites (N-methyl/N-ethyl adjacent to an activating group) is 1. The maximum atomic E-state index is 12.3. The van der Waals surface area contributed by atoms with Crippen molar-refractivity contribution >= 4 is 0 Å². The van der Waals surface area contributed by atoms with Gasteiger partial charge in [0.25, 0.3) is 0 Å². The fourth-order valence-corrected chi connectivity index (χ4v) is 2.37. The first-order chi connectivity index (χ1) is 10.2. The molecule has 0 spiro atoms. The van der Waals surface area contributed by atoms with Gasteiger partial charge in [0.05, 0.1) is 6.54 Å². The number of halogens is 3. The van der Waals surface area contributed by atoms with E-state index in [1.807, 2.05) is 32.9 Å². The predicted octanol–water partition coefficient (Wildman–Crippen LogP) is 4.36. The van der Waals surface area contributed by atoms with Gasteiger partial charge in [0.2, 0.25) is 0 Å². The summed E-state index contributed by atoms with van der Waals surface area (Å²) in [5, 5.41) is 5.65. The Kier molecular flexibility index (Phi) is 9.37. The van der Waals surface area contributed by atoms with Crippen LogP contribution in [0.15, 0.2) is 35.5 Å². The fraction of sp³-hybridized carbons (Fsp3) is 0.647. The number of hydrogen-bond acceptors (Lipinski definition) is 2. The lowest BCUT2D eigenvalue weighted by atomic mass is 9.93. The zero-order valence-corrected chi connectivity index (χ0v) is 14.3. The van der Waals surface area contributed by atoms with Crippen molar-refractivity contribution < 1.29 is 13.2 Å². The van der Waals surface area contributed by atoms with Crippen molar-refractivity contribution in [3.8, 4) is 0 Å². The summed E-state index contributed by atoms with van der Waals surface area (Å²) in [6, 6.07) is -0.289. The summed E-state index contributed by atoms with van der Waals surface area (Å²) in [4.78, 5) is 0. The van der Waals surface area contributed by atoms with Crippen molar-refractivity contribution in [1.82, 2.24) is 10.6 Å². The van der Waals surface area contributed by atoms with Gasteiger partial charge in [0, 0.05) is 12.1 Å². The van der Waals surface area contributed by atoms with Crippen LogP contribution in [0.2, 0.25) is 0 Å². The van der Waals surface area contributed by atoms with Crippen molar-refractivity contribution in [1.29, 1.82) is 0 Å². The van der Waals surface area contributed by atoms with E-state index < -0.39 is 12.7 Å². The zero-order valence-electron chi connectivity index (χ0n) is 14.3. The fourth-order valence-electron chi connectivity index (χ4n) is 2.37. The number of nitrogens with one attached hydrogen (secondary N) is 2. The van der Waals surface area contributed by atoms with E-state index in [0.717, 1.165) is 18.4 Å². The zero-order chi connectivity index (χ0) is 17.3. The molecule has 0 bridgehead atoms. The first-order valence-corrected chi connectivity index (χ1v) is 7.59. The Hall–Kier alpha value is -1.07.